The number of rotatable bonds is 6. The number of para-hydroxylation sites is 1. The summed E-state index contributed by atoms with van der Waals surface area (Å²) in [6.45, 7) is 0.490. The Morgan fingerprint density at radius 1 is 1.37 bits per heavy atom. The number of aliphatic hydroxyl groups excluding tert-OH is 1. The van der Waals surface area contributed by atoms with Crippen LogP contribution in [0.5, 0.6) is 0 Å². The number of nitrogens with two attached hydrogens (primary N) is 1. The van der Waals surface area contributed by atoms with Crippen molar-refractivity contribution in [1.82, 2.24) is 4.90 Å². The van der Waals surface area contributed by atoms with Gasteiger partial charge in [0, 0.05) is 24.7 Å². The van der Waals surface area contributed by atoms with Gasteiger partial charge >= 0.3 is 0 Å². The zero-order chi connectivity index (χ0) is 13.7. The van der Waals surface area contributed by atoms with Crippen molar-refractivity contribution in [2.45, 2.75) is 38.1 Å². The largest absolute Gasteiger partial charge is 0.399 e. The van der Waals surface area contributed by atoms with Gasteiger partial charge in [0.1, 0.15) is 0 Å². The van der Waals surface area contributed by atoms with Gasteiger partial charge in [-0.3, -0.25) is 4.79 Å². The maximum absolute atomic E-state index is 12.2. The number of carbonyl (C=O) groups is 1. The number of aliphatic hydroxyl groups is 1. The van der Waals surface area contributed by atoms with E-state index in [1.807, 2.05) is 29.2 Å². The smallest absolute Gasteiger partial charge is 0.223 e. The molecule has 4 heteroatoms. The van der Waals surface area contributed by atoms with E-state index in [4.69, 9.17) is 10.8 Å². The fourth-order valence-electron chi connectivity index (χ4n) is 2.46. The van der Waals surface area contributed by atoms with E-state index in [2.05, 4.69) is 0 Å². The Morgan fingerprint density at radius 2 is 2.11 bits per heavy atom. The van der Waals surface area contributed by atoms with Crippen LogP contribution < -0.4 is 5.73 Å². The van der Waals surface area contributed by atoms with E-state index in [0.29, 0.717) is 25.4 Å². The fourth-order valence-corrected chi connectivity index (χ4v) is 2.46. The van der Waals surface area contributed by atoms with Gasteiger partial charge in [-0.2, -0.15) is 0 Å². The number of nitrogens with zero attached hydrogens (tertiary/aromatic N) is 1. The fraction of sp³-hybridized carbons (Fsp3) is 0.533. The lowest BCUT2D eigenvalue weighted by Gasteiger charge is -2.37. The molecule has 1 aromatic carbocycles. The minimum absolute atomic E-state index is 0.0374. The molecule has 0 spiro atoms. The first-order chi connectivity index (χ1) is 9.22. The molecule has 0 aromatic heterocycles. The van der Waals surface area contributed by atoms with E-state index < -0.39 is 0 Å². The zero-order valence-corrected chi connectivity index (χ0v) is 11.2. The molecule has 0 aliphatic heterocycles. The molecule has 0 bridgehead atoms. The van der Waals surface area contributed by atoms with Gasteiger partial charge in [-0.15, -0.1) is 0 Å². The van der Waals surface area contributed by atoms with Crippen LogP contribution in [0.25, 0.3) is 0 Å². The second-order valence-electron chi connectivity index (χ2n) is 5.09. The summed E-state index contributed by atoms with van der Waals surface area (Å²) in [6, 6.07) is 7.99. The molecule has 3 N–H and O–H groups in total. The summed E-state index contributed by atoms with van der Waals surface area (Å²) < 4.78 is 0. The van der Waals surface area contributed by atoms with Crippen molar-refractivity contribution in [3.05, 3.63) is 29.8 Å². The average Bonchev–Trinajstić information content (AvgIpc) is 2.35. The van der Waals surface area contributed by atoms with Crippen LogP contribution in [0.15, 0.2) is 24.3 Å². The van der Waals surface area contributed by atoms with Crippen LogP contribution >= 0.6 is 0 Å². The molecule has 1 aliphatic carbocycles. The summed E-state index contributed by atoms with van der Waals surface area (Å²) in [5.74, 6) is 0.127. The van der Waals surface area contributed by atoms with E-state index >= 15 is 0 Å². The van der Waals surface area contributed by atoms with Gasteiger partial charge in [-0.25, -0.2) is 0 Å². The number of nitrogen functional groups attached to an aromatic ring is 1. The van der Waals surface area contributed by atoms with Crippen molar-refractivity contribution in [3.63, 3.8) is 0 Å². The normalized spacial score (nSPS) is 15.0. The van der Waals surface area contributed by atoms with Crippen molar-refractivity contribution in [1.29, 1.82) is 0 Å². The van der Waals surface area contributed by atoms with Crippen molar-refractivity contribution < 1.29 is 9.90 Å². The Balaban J connectivity index is 1.90. The van der Waals surface area contributed by atoms with Gasteiger partial charge in [0.25, 0.3) is 0 Å². The van der Waals surface area contributed by atoms with Crippen LogP contribution in [0, 0.1) is 0 Å². The third-order valence-electron chi connectivity index (χ3n) is 3.84. The zero-order valence-electron chi connectivity index (χ0n) is 11.2. The Hall–Kier alpha value is -1.55. The van der Waals surface area contributed by atoms with Crippen LogP contribution in [0.4, 0.5) is 5.69 Å². The number of hydrogen-bond donors (Lipinski definition) is 2. The van der Waals surface area contributed by atoms with Crippen LogP contribution in [-0.2, 0) is 11.2 Å². The van der Waals surface area contributed by atoms with Gasteiger partial charge in [0.15, 0.2) is 0 Å². The van der Waals surface area contributed by atoms with E-state index in [1.54, 1.807) is 0 Å². The molecule has 4 nitrogen and oxygen atoms in total. The highest BCUT2D eigenvalue weighted by atomic mass is 16.3. The maximum atomic E-state index is 12.2. The average molecular weight is 262 g/mol. The molecule has 0 heterocycles. The number of carbonyl (C=O) groups excluding carboxylic acids is 1. The first-order valence-electron chi connectivity index (χ1n) is 6.96. The molecule has 2 rings (SSSR count). The van der Waals surface area contributed by atoms with Gasteiger partial charge in [0.05, 0.1) is 6.61 Å². The third-order valence-corrected chi connectivity index (χ3v) is 3.84. The summed E-state index contributed by atoms with van der Waals surface area (Å²) in [4.78, 5) is 14.1. The van der Waals surface area contributed by atoms with Crippen molar-refractivity contribution >= 4 is 11.6 Å². The number of amides is 1. The lowest BCUT2D eigenvalue weighted by Crippen LogP contribution is -2.45. The minimum Gasteiger partial charge on any atom is -0.399 e. The van der Waals surface area contributed by atoms with Crippen molar-refractivity contribution in [2.75, 3.05) is 18.9 Å². The minimum atomic E-state index is 0.0374. The quantitative estimate of drug-likeness (QED) is 0.765. The summed E-state index contributed by atoms with van der Waals surface area (Å²) in [6.07, 6.45) is 4.45. The second-order valence-corrected chi connectivity index (χ2v) is 5.09. The Kier molecular flexibility index (Phi) is 4.80. The van der Waals surface area contributed by atoms with Gasteiger partial charge < -0.3 is 15.7 Å². The molecule has 1 aliphatic rings. The standard InChI is InChI=1S/C15H22N2O2/c16-14-7-2-1-4-12(14)8-9-15(19)17(10-11-18)13-5-3-6-13/h1-2,4,7,13,18H,3,5-6,8-11,16H2. The van der Waals surface area contributed by atoms with E-state index in [9.17, 15) is 4.79 Å². The molecule has 0 saturated heterocycles. The molecule has 1 fully saturated rings. The first-order valence-corrected chi connectivity index (χ1v) is 6.96. The van der Waals surface area contributed by atoms with Crippen LogP contribution in [0.1, 0.15) is 31.2 Å². The number of aryl methyl sites for hydroxylation is 1. The second kappa shape index (κ2) is 6.57. The molecule has 1 amide bonds. The summed E-state index contributed by atoms with van der Waals surface area (Å²) in [5.41, 5.74) is 7.64. The van der Waals surface area contributed by atoms with Crippen LogP contribution in [-0.4, -0.2) is 35.1 Å². The van der Waals surface area contributed by atoms with Crippen molar-refractivity contribution in [2.24, 2.45) is 0 Å². The predicted octanol–water partition coefficient (Wildman–Crippen LogP) is 1.57. The number of anilines is 1. The maximum Gasteiger partial charge on any atom is 0.223 e. The Labute approximate surface area is 114 Å². The predicted molar refractivity (Wildman–Crippen MR) is 75.6 cm³/mol. The first kappa shape index (κ1) is 13.9. The number of hydrogen-bond acceptors (Lipinski definition) is 3. The Morgan fingerprint density at radius 3 is 2.68 bits per heavy atom. The summed E-state index contributed by atoms with van der Waals surface area (Å²) in [5, 5.41) is 9.07. The van der Waals surface area contributed by atoms with Gasteiger partial charge in [-0.1, -0.05) is 18.2 Å². The molecule has 19 heavy (non-hydrogen) atoms. The molecule has 0 unspecified atom stereocenters. The highest BCUT2D eigenvalue weighted by Crippen LogP contribution is 2.25. The van der Waals surface area contributed by atoms with Gasteiger partial charge in [0.2, 0.25) is 5.91 Å². The summed E-state index contributed by atoms with van der Waals surface area (Å²) in [7, 11) is 0. The van der Waals surface area contributed by atoms with Crippen LogP contribution in [0.2, 0.25) is 0 Å². The molecule has 1 saturated carbocycles. The monoisotopic (exact) mass is 262 g/mol. The third kappa shape index (κ3) is 3.47. The molecule has 1 aromatic rings. The van der Waals surface area contributed by atoms with E-state index in [1.165, 1.54) is 6.42 Å². The Bertz CT molecular complexity index is 430. The van der Waals surface area contributed by atoms with E-state index in [0.717, 1.165) is 24.1 Å². The molecular weight excluding hydrogens is 240 g/mol. The van der Waals surface area contributed by atoms with Gasteiger partial charge in [-0.05, 0) is 37.3 Å². The molecular formula is C15H22N2O2. The van der Waals surface area contributed by atoms with Crippen LogP contribution in [0.3, 0.4) is 0 Å². The number of benzene rings is 1. The highest BCUT2D eigenvalue weighted by molar-refractivity contribution is 5.77. The molecule has 0 atom stereocenters. The summed E-state index contributed by atoms with van der Waals surface area (Å²) >= 11 is 0. The highest BCUT2D eigenvalue weighted by Gasteiger charge is 2.27. The van der Waals surface area contributed by atoms with E-state index in [-0.39, 0.29) is 12.5 Å². The lowest BCUT2D eigenvalue weighted by molar-refractivity contribution is -0.135. The molecule has 0 radical (unpaired) electrons. The lowest BCUT2D eigenvalue weighted by atomic mass is 9.91. The SMILES string of the molecule is Nc1ccccc1CCC(=O)N(CCO)C1CCC1. The van der Waals surface area contributed by atoms with Crippen molar-refractivity contribution in [3.8, 4) is 0 Å². The molecule has 104 valence electrons. The topological polar surface area (TPSA) is 66.6 Å².